The molecular formula is C16H23N3O3. The number of nitrogens with zero attached hydrogens (tertiary/aromatic N) is 3. The maximum absolute atomic E-state index is 12.8. The third kappa shape index (κ3) is 2.44. The number of likely N-dealkylation sites (N-methyl/N-ethyl adjacent to an activating group) is 1. The van der Waals surface area contributed by atoms with Gasteiger partial charge in [0.1, 0.15) is 0 Å². The van der Waals surface area contributed by atoms with E-state index in [0.29, 0.717) is 18.2 Å². The van der Waals surface area contributed by atoms with Gasteiger partial charge in [0.2, 0.25) is 5.76 Å². The maximum Gasteiger partial charge on any atom is 0.291 e. The molecule has 1 aromatic heterocycles. The lowest BCUT2D eigenvalue weighted by atomic mass is 9.99. The number of fused-ring (bicyclic) bond motifs is 1. The molecule has 1 amide bonds. The van der Waals surface area contributed by atoms with E-state index in [-0.39, 0.29) is 18.1 Å². The average molecular weight is 305 g/mol. The van der Waals surface area contributed by atoms with Crippen molar-refractivity contribution < 1.29 is 13.9 Å². The second-order valence-corrected chi connectivity index (χ2v) is 6.74. The lowest BCUT2D eigenvalue weighted by Gasteiger charge is -2.45. The number of hydrogen-bond donors (Lipinski definition) is 0. The molecule has 6 heteroatoms. The largest absolute Gasteiger partial charge is 0.435 e. The molecule has 1 aromatic rings. The topological polar surface area (TPSA) is 58.8 Å². The maximum atomic E-state index is 12.8. The van der Waals surface area contributed by atoms with Gasteiger partial charge in [0.25, 0.3) is 5.91 Å². The summed E-state index contributed by atoms with van der Waals surface area (Å²) in [6, 6.07) is 0.289. The summed E-state index contributed by atoms with van der Waals surface area (Å²) in [7, 11) is 2.11. The molecular weight excluding hydrogens is 282 g/mol. The van der Waals surface area contributed by atoms with Gasteiger partial charge >= 0.3 is 0 Å². The molecule has 3 heterocycles. The highest BCUT2D eigenvalue weighted by atomic mass is 16.5. The van der Waals surface area contributed by atoms with Crippen molar-refractivity contribution in [2.75, 3.05) is 33.3 Å². The van der Waals surface area contributed by atoms with Crippen LogP contribution in [0.25, 0.3) is 0 Å². The van der Waals surface area contributed by atoms with Gasteiger partial charge in [-0.25, -0.2) is 4.98 Å². The zero-order valence-electron chi connectivity index (χ0n) is 13.2. The van der Waals surface area contributed by atoms with Crippen LogP contribution in [0, 0.1) is 6.92 Å². The van der Waals surface area contributed by atoms with Gasteiger partial charge in [-0.3, -0.25) is 9.69 Å². The first-order valence-electron chi connectivity index (χ1n) is 8.22. The molecule has 0 aromatic carbocycles. The molecule has 0 N–H and O–H groups in total. The third-order valence-electron chi connectivity index (χ3n) is 5.08. The smallest absolute Gasteiger partial charge is 0.291 e. The zero-order chi connectivity index (χ0) is 15.3. The number of aromatic nitrogens is 1. The molecule has 3 fully saturated rings. The molecule has 3 aliphatic rings. The third-order valence-corrected chi connectivity index (χ3v) is 5.08. The summed E-state index contributed by atoms with van der Waals surface area (Å²) < 4.78 is 11.6. The Bertz CT molecular complexity index is 581. The van der Waals surface area contributed by atoms with Crippen molar-refractivity contribution in [1.29, 1.82) is 0 Å². The number of likely N-dealkylation sites (tertiary alicyclic amines) is 1. The minimum atomic E-state index is -0.0191. The van der Waals surface area contributed by atoms with Crippen LogP contribution >= 0.6 is 0 Å². The highest BCUT2D eigenvalue weighted by Crippen LogP contribution is 2.40. The van der Waals surface area contributed by atoms with Crippen LogP contribution in [-0.4, -0.2) is 66.1 Å². The molecule has 1 saturated carbocycles. The van der Waals surface area contributed by atoms with Crippen molar-refractivity contribution >= 4 is 5.91 Å². The Morgan fingerprint density at radius 3 is 2.86 bits per heavy atom. The van der Waals surface area contributed by atoms with E-state index in [1.54, 1.807) is 0 Å². The number of ether oxygens (including phenoxy) is 1. The molecule has 120 valence electrons. The Hall–Kier alpha value is -1.40. The number of aryl methyl sites for hydroxylation is 1. The van der Waals surface area contributed by atoms with Gasteiger partial charge in [0.15, 0.2) is 5.89 Å². The number of oxazole rings is 1. The molecule has 22 heavy (non-hydrogen) atoms. The van der Waals surface area contributed by atoms with Gasteiger partial charge in [-0.1, -0.05) is 0 Å². The van der Waals surface area contributed by atoms with E-state index in [9.17, 15) is 4.79 Å². The predicted octanol–water partition coefficient (Wildman–Crippen LogP) is 1.41. The minimum absolute atomic E-state index is 0.0191. The lowest BCUT2D eigenvalue weighted by molar-refractivity contribution is -0.0896. The molecule has 0 bridgehead atoms. The van der Waals surface area contributed by atoms with Crippen LogP contribution in [0.5, 0.6) is 0 Å². The van der Waals surface area contributed by atoms with Crippen molar-refractivity contribution in [1.82, 2.24) is 14.8 Å². The molecule has 6 nitrogen and oxygen atoms in total. The normalized spacial score (nSPS) is 29.5. The van der Waals surface area contributed by atoms with Crippen LogP contribution in [0.1, 0.15) is 47.3 Å². The number of carbonyl (C=O) groups is 1. The number of morpholine rings is 1. The Labute approximate surface area is 130 Å². The van der Waals surface area contributed by atoms with E-state index in [1.807, 2.05) is 11.8 Å². The first-order chi connectivity index (χ1) is 10.6. The SMILES string of the molecule is Cc1nc(C2CC2)oc1C(=O)N1CC[C@@H]2OCCN(C)[C@@H]2C1. The monoisotopic (exact) mass is 305 g/mol. The van der Waals surface area contributed by atoms with E-state index < -0.39 is 0 Å². The summed E-state index contributed by atoms with van der Waals surface area (Å²) in [5.41, 5.74) is 0.724. The summed E-state index contributed by atoms with van der Waals surface area (Å²) in [5.74, 6) is 1.59. The second-order valence-electron chi connectivity index (χ2n) is 6.74. The van der Waals surface area contributed by atoms with Crippen LogP contribution in [0.4, 0.5) is 0 Å². The van der Waals surface area contributed by atoms with Gasteiger partial charge in [-0.15, -0.1) is 0 Å². The predicted molar refractivity (Wildman–Crippen MR) is 79.9 cm³/mol. The fourth-order valence-corrected chi connectivity index (χ4v) is 3.49. The molecule has 2 saturated heterocycles. The van der Waals surface area contributed by atoms with Crippen LogP contribution in [0.2, 0.25) is 0 Å². The number of piperidine rings is 1. The van der Waals surface area contributed by atoms with Crippen molar-refractivity contribution in [3.63, 3.8) is 0 Å². The Morgan fingerprint density at radius 2 is 2.09 bits per heavy atom. The number of carbonyl (C=O) groups excluding carboxylic acids is 1. The van der Waals surface area contributed by atoms with Crippen LogP contribution in [-0.2, 0) is 4.74 Å². The van der Waals surface area contributed by atoms with Gasteiger partial charge in [-0.2, -0.15) is 0 Å². The summed E-state index contributed by atoms with van der Waals surface area (Å²) in [5, 5.41) is 0. The highest BCUT2D eigenvalue weighted by molar-refractivity contribution is 5.92. The van der Waals surface area contributed by atoms with Gasteiger partial charge < -0.3 is 14.1 Å². The Kier molecular flexibility index (Phi) is 3.46. The summed E-state index contributed by atoms with van der Waals surface area (Å²) in [6.45, 7) is 5.02. The van der Waals surface area contributed by atoms with Crippen LogP contribution in [0.15, 0.2) is 4.42 Å². The molecule has 1 aliphatic carbocycles. The van der Waals surface area contributed by atoms with E-state index in [1.165, 1.54) is 0 Å². The zero-order valence-corrected chi connectivity index (χ0v) is 13.2. The van der Waals surface area contributed by atoms with Crippen LogP contribution < -0.4 is 0 Å². The van der Waals surface area contributed by atoms with Gasteiger partial charge in [0, 0.05) is 25.6 Å². The summed E-state index contributed by atoms with van der Waals surface area (Å²) in [4.78, 5) is 21.4. The first kappa shape index (κ1) is 14.2. The second kappa shape index (κ2) is 5.35. The standard InChI is InChI=1S/C16H23N3O3/c1-10-14(22-15(17-10)11-3-4-11)16(20)19-6-5-13-12(9-19)18(2)7-8-21-13/h11-13H,3-9H2,1-2H3/t12-,13+/m1/s1. The van der Waals surface area contributed by atoms with Crippen molar-refractivity contribution in [3.8, 4) is 0 Å². The molecule has 0 radical (unpaired) electrons. The Morgan fingerprint density at radius 1 is 1.27 bits per heavy atom. The average Bonchev–Trinajstić information content (AvgIpc) is 3.30. The van der Waals surface area contributed by atoms with Gasteiger partial charge in [0.05, 0.1) is 24.4 Å². The molecule has 4 rings (SSSR count). The molecule has 2 aliphatic heterocycles. The fourth-order valence-electron chi connectivity index (χ4n) is 3.49. The highest BCUT2D eigenvalue weighted by Gasteiger charge is 2.39. The number of amides is 1. The van der Waals surface area contributed by atoms with Crippen molar-refractivity contribution in [3.05, 3.63) is 17.3 Å². The molecule has 0 spiro atoms. The summed E-state index contributed by atoms with van der Waals surface area (Å²) in [6.07, 6.45) is 3.40. The minimum Gasteiger partial charge on any atom is -0.435 e. The lowest BCUT2D eigenvalue weighted by Crippen LogP contribution is -2.59. The van der Waals surface area contributed by atoms with Crippen molar-refractivity contribution in [2.24, 2.45) is 0 Å². The van der Waals surface area contributed by atoms with E-state index in [0.717, 1.165) is 50.5 Å². The number of hydrogen-bond acceptors (Lipinski definition) is 5. The summed E-state index contributed by atoms with van der Waals surface area (Å²) >= 11 is 0. The number of rotatable bonds is 2. The first-order valence-corrected chi connectivity index (χ1v) is 8.22. The quantitative estimate of drug-likeness (QED) is 0.827. The fraction of sp³-hybridized carbons (Fsp3) is 0.750. The van der Waals surface area contributed by atoms with E-state index >= 15 is 0 Å². The van der Waals surface area contributed by atoms with Crippen molar-refractivity contribution in [2.45, 2.75) is 44.2 Å². The Balaban J connectivity index is 1.50. The van der Waals surface area contributed by atoms with E-state index in [4.69, 9.17) is 9.15 Å². The molecule has 0 unspecified atom stereocenters. The van der Waals surface area contributed by atoms with Crippen LogP contribution in [0.3, 0.4) is 0 Å². The van der Waals surface area contributed by atoms with Gasteiger partial charge in [-0.05, 0) is 33.2 Å². The molecule has 2 atom stereocenters. The van der Waals surface area contributed by atoms with E-state index in [2.05, 4.69) is 16.9 Å².